The number of nitrogen functional groups attached to an aromatic ring is 1. The van der Waals surface area contributed by atoms with Crippen LogP contribution in [0.2, 0.25) is 18.1 Å². The number of anilines is 1. The van der Waals surface area contributed by atoms with Gasteiger partial charge < -0.3 is 15.9 Å². The molecule has 2 atom stereocenters. The van der Waals surface area contributed by atoms with E-state index < -0.39 is 8.32 Å². The molecular weight excluding hydrogens is 290 g/mol. The number of nitrogens with two attached hydrogens (primary N) is 2. The fraction of sp³-hybridized carbons (Fsp3) is 0.706. The third kappa shape index (κ3) is 6.06. The first kappa shape index (κ1) is 19.1. The van der Waals surface area contributed by atoms with Crippen molar-refractivity contribution < 1.29 is 4.43 Å². The van der Waals surface area contributed by atoms with Crippen molar-refractivity contribution in [2.75, 3.05) is 5.73 Å². The van der Waals surface area contributed by atoms with Gasteiger partial charge in [-0.1, -0.05) is 20.8 Å². The zero-order chi connectivity index (χ0) is 17.0. The lowest BCUT2D eigenvalue weighted by molar-refractivity contribution is 0.186. The molecule has 4 N–H and O–H groups in total. The standard InChI is InChI=1S/C11H25NOSi.C6H8N2/c1-11(2,3)14(4,5)13-10-7-6-9(12)8-10;1-5-2-3-6(7)4-8-5/h9-10H,6-8,12H2,1-5H3;2-4H,7H2,1H3/t9-,10-;/m0./s1. The van der Waals surface area contributed by atoms with Crippen LogP contribution in [0.4, 0.5) is 5.69 Å². The van der Waals surface area contributed by atoms with Crippen molar-refractivity contribution in [2.24, 2.45) is 5.73 Å². The number of aromatic nitrogens is 1. The molecule has 1 fully saturated rings. The fourth-order valence-corrected chi connectivity index (χ4v) is 3.55. The summed E-state index contributed by atoms with van der Waals surface area (Å²) >= 11 is 0. The molecule has 1 aromatic heterocycles. The Kier molecular flexibility index (Phi) is 6.59. The molecule has 1 aliphatic rings. The summed E-state index contributed by atoms with van der Waals surface area (Å²) in [5.74, 6) is 0. The Labute approximate surface area is 136 Å². The lowest BCUT2D eigenvalue weighted by Gasteiger charge is -2.38. The first-order valence-corrected chi connectivity index (χ1v) is 11.0. The van der Waals surface area contributed by atoms with Gasteiger partial charge in [0.15, 0.2) is 8.32 Å². The van der Waals surface area contributed by atoms with E-state index in [-0.39, 0.29) is 0 Å². The minimum atomic E-state index is -1.56. The molecule has 0 radical (unpaired) electrons. The van der Waals surface area contributed by atoms with Gasteiger partial charge in [-0.3, -0.25) is 4.98 Å². The normalized spacial score (nSPS) is 22.1. The molecule has 4 nitrogen and oxygen atoms in total. The summed E-state index contributed by atoms with van der Waals surface area (Å²) in [6.45, 7) is 13.4. The molecule has 1 heterocycles. The highest BCUT2D eigenvalue weighted by Gasteiger charge is 2.40. The van der Waals surface area contributed by atoms with Crippen molar-refractivity contribution >= 4 is 14.0 Å². The number of pyridine rings is 1. The molecule has 126 valence electrons. The van der Waals surface area contributed by atoms with Crippen LogP contribution in [-0.2, 0) is 4.43 Å². The number of hydrogen-bond acceptors (Lipinski definition) is 4. The fourth-order valence-electron chi connectivity index (χ4n) is 2.15. The molecule has 0 bridgehead atoms. The summed E-state index contributed by atoms with van der Waals surface area (Å²) in [5, 5.41) is 0.319. The molecule has 22 heavy (non-hydrogen) atoms. The van der Waals surface area contributed by atoms with Gasteiger partial charge in [0, 0.05) is 17.8 Å². The second-order valence-corrected chi connectivity index (χ2v) is 12.6. The van der Waals surface area contributed by atoms with Crippen molar-refractivity contribution in [1.29, 1.82) is 0 Å². The highest BCUT2D eigenvalue weighted by Crippen LogP contribution is 2.39. The first-order valence-electron chi connectivity index (χ1n) is 8.13. The maximum atomic E-state index is 6.29. The molecule has 0 unspecified atom stereocenters. The van der Waals surface area contributed by atoms with Gasteiger partial charge in [0.05, 0.1) is 11.9 Å². The van der Waals surface area contributed by atoms with Crippen LogP contribution in [0.1, 0.15) is 45.7 Å². The summed E-state index contributed by atoms with van der Waals surface area (Å²) in [6, 6.07) is 4.10. The van der Waals surface area contributed by atoms with Crippen LogP contribution in [0, 0.1) is 6.92 Å². The third-order valence-electron chi connectivity index (χ3n) is 4.63. The van der Waals surface area contributed by atoms with E-state index in [1.807, 2.05) is 19.1 Å². The molecular formula is C17H33N3OSi. The highest BCUT2D eigenvalue weighted by molar-refractivity contribution is 6.74. The topological polar surface area (TPSA) is 74.2 Å². The van der Waals surface area contributed by atoms with Crippen molar-refractivity contribution in [3.8, 4) is 0 Å². The van der Waals surface area contributed by atoms with E-state index in [4.69, 9.17) is 15.9 Å². The van der Waals surface area contributed by atoms with Crippen molar-refractivity contribution in [1.82, 2.24) is 4.98 Å². The molecule has 0 amide bonds. The molecule has 0 spiro atoms. The summed E-state index contributed by atoms with van der Waals surface area (Å²) in [6.07, 6.45) is 5.44. The Bertz CT molecular complexity index is 433. The minimum absolute atomic E-state index is 0.319. The van der Waals surface area contributed by atoms with Crippen LogP contribution in [0.25, 0.3) is 0 Å². The van der Waals surface area contributed by atoms with E-state index in [0.717, 1.165) is 30.6 Å². The van der Waals surface area contributed by atoms with E-state index in [9.17, 15) is 0 Å². The first-order chi connectivity index (χ1) is 10.0. The summed E-state index contributed by atoms with van der Waals surface area (Å²) in [7, 11) is -1.56. The maximum absolute atomic E-state index is 6.29. The SMILES string of the molecule is CC(C)(C)[Si](C)(C)O[C@H]1CC[C@H](N)C1.Cc1ccc(N)cn1. The quantitative estimate of drug-likeness (QED) is 0.810. The van der Waals surface area contributed by atoms with Crippen molar-refractivity contribution in [3.63, 3.8) is 0 Å². The van der Waals surface area contributed by atoms with Gasteiger partial charge in [-0.25, -0.2) is 0 Å². The molecule has 5 heteroatoms. The molecule has 0 saturated heterocycles. The van der Waals surface area contributed by atoms with Crippen LogP contribution in [-0.4, -0.2) is 25.4 Å². The van der Waals surface area contributed by atoms with Crippen molar-refractivity contribution in [3.05, 3.63) is 24.0 Å². The molecule has 0 aromatic carbocycles. The lowest BCUT2D eigenvalue weighted by Crippen LogP contribution is -2.43. The van der Waals surface area contributed by atoms with E-state index in [1.165, 1.54) is 0 Å². The number of aryl methyl sites for hydroxylation is 1. The molecule has 0 aliphatic heterocycles. The maximum Gasteiger partial charge on any atom is 0.192 e. The lowest BCUT2D eigenvalue weighted by atomic mass is 10.2. The summed E-state index contributed by atoms with van der Waals surface area (Å²) in [5.41, 5.74) is 13.0. The molecule has 1 aromatic rings. The van der Waals surface area contributed by atoms with E-state index in [2.05, 4.69) is 38.8 Å². The van der Waals surface area contributed by atoms with Crippen LogP contribution < -0.4 is 11.5 Å². The molecule has 1 saturated carbocycles. The smallest absolute Gasteiger partial charge is 0.192 e. The van der Waals surface area contributed by atoms with Crippen LogP contribution in [0.5, 0.6) is 0 Å². The Balaban J connectivity index is 0.000000255. The van der Waals surface area contributed by atoms with Crippen molar-refractivity contribution in [2.45, 2.75) is 77.2 Å². The number of rotatable bonds is 2. The monoisotopic (exact) mass is 323 g/mol. The van der Waals surface area contributed by atoms with E-state index in [0.29, 0.717) is 17.2 Å². The molecule has 2 rings (SSSR count). The van der Waals surface area contributed by atoms with Gasteiger partial charge in [-0.2, -0.15) is 0 Å². The van der Waals surface area contributed by atoms with Gasteiger partial charge >= 0.3 is 0 Å². The van der Waals surface area contributed by atoms with Gasteiger partial charge in [-0.15, -0.1) is 0 Å². The number of hydrogen-bond donors (Lipinski definition) is 2. The van der Waals surface area contributed by atoms with E-state index in [1.54, 1.807) is 6.20 Å². The second kappa shape index (κ2) is 7.57. The Morgan fingerprint density at radius 3 is 2.23 bits per heavy atom. The second-order valence-electron chi connectivity index (χ2n) is 7.81. The average molecular weight is 324 g/mol. The van der Waals surface area contributed by atoms with Gasteiger partial charge in [-0.05, 0) is 56.5 Å². The van der Waals surface area contributed by atoms with Gasteiger partial charge in [0.2, 0.25) is 0 Å². The minimum Gasteiger partial charge on any atom is -0.414 e. The Hall–Kier alpha value is -0.913. The summed E-state index contributed by atoms with van der Waals surface area (Å²) in [4.78, 5) is 3.95. The van der Waals surface area contributed by atoms with E-state index >= 15 is 0 Å². The third-order valence-corrected chi connectivity index (χ3v) is 9.16. The zero-order valence-corrected chi connectivity index (χ0v) is 16.0. The predicted octanol–water partition coefficient (Wildman–Crippen LogP) is 3.86. The molecule has 1 aliphatic carbocycles. The Morgan fingerprint density at radius 1 is 1.23 bits per heavy atom. The van der Waals surface area contributed by atoms with Crippen LogP contribution in [0.15, 0.2) is 18.3 Å². The van der Waals surface area contributed by atoms with Gasteiger partial charge in [0.1, 0.15) is 0 Å². The van der Waals surface area contributed by atoms with Crippen LogP contribution in [0.3, 0.4) is 0 Å². The van der Waals surface area contributed by atoms with Gasteiger partial charge in [0.25, 0.3) is 0 Å². The predicted molar refractivity (Wildman–Crippen MR) is 97.3 cm³/mol. The van der Waals surface area contributed by atoms with Crippen LogP contribution >= 0.6 is 0 Å². The highest BCUT2D eigenvalue weighted by atomic mass is 28.4. The average Bonchev–Trinajstić information content (AvgIpc) is 2.77. The number of nitrogens with zero attached hydrogens (tertiary/aromatic N) is 1. The summed E-state index contributed by atoms with van der Waals surface area (Å²) < 4.78 is 6.29. The Morgan fingerprint density at radius 2 is 1.86 bits per heavy atom. The zero-order valence-electron chi connectivity index (χ0n) is 15.0. The largest absolute Gasteiger partial charge is 0.414 e.